The van der Waals surface area contributed by atoms with Crippen LogP contribution in [0.25, 0.3) is 0 Å². The number of hydrogen-bond acceptors (Lipinski definition) is 6. The van der Waals surface area contributed by atoms with Crippen LogP contribution in [-0.2, 0) is 23.9 Å². The molecule has 8 heteroatoms. The molecule has 4 aliphatic rings. The molecule has 32 heavy (non-hydrogen) atoms. The van der Waals surface area contributed by atoms with Gasteiger partial charge in [-0.15, -0.1) is 0 Å². The lowest BCUT2D eigenvalue weighted by Gasteiger charge is -2.41. The predicted molar refractivity (Wildman–Crippen MR) is 116 cm³/mol. The number of cyclic esters (lactones) is 1. The van der Waals surface area contributed by atoms with Crippen LogP contribution in [0.4, 0.5) is 0 Å². The van der Waals surface area contributed by atoms with E-state index in [2.05, 4.69) is 0 Å². The highest BCUT2D eigenvalue weighted by molar-refractivity contribution is 5.99. The maximum absolute atomic E-state index is 13.9. The van der Waals surface area contributed by atoms with Gasteiger partial charge < -0.3 is 24.4 Å². The fourth-order valence-corrected chi connectivity index (χ4v) is 5.52. The molecule has 0 saturated carbocycles. The average molecular weight is 447 g/mol. The van der Waals surface area contributed by atoms with Crippen LogP contribution in [0.15, 0.2) is 24.3 Å². The summed E-state index contributed by atoms with van der Waals surface area (Å²) < 4.78 is 12.1. The number of allylic oxidation sites excluding steroid dienone is 1. The van der Waals surface area contributed by atoms with E-state index in [-0.39, 0.29) is 18.4 Å². The van der Waals surface area contributed by atoms with E-state index >= 15 is 0 Å². The van der Waals surface area contributed by atoms with Crippen molar-refractivity contribution in [2.75, 3.05) is 19.8 Å². The van der Waals surface area contributed by atoms with Crippen molar-refractivity contribution in [3.8, 4) is 0 Å². The normalized spacial score (nSPS) is 37.3. The molecule has 2 saturated heterocycles. The van der Waals surface area contributed by atoms with E-state index in [1.165, 1.54) is 4.90 Å². The molecule has 8 nitrogen and oxygen atoms in total. The molecule has 4 rings (SSSR count). The summed E-state index contributed by atoms with van der Waals surface area (Å²) in [6.07, 6.45) is 9.35. The minimum Gasteiger partial charge on any atom is -0.465 e. The molecule has 1 unspecified atom stereocenters. The van der Waals surface area contributed by atoms with E-state index < -0.39 is 47.1 Å². The Morgan fingerprint density at radius 3 is 2.62 bits per heavy atom. The molecule has 0 radical (unpaired) electrons. The Balaban J connectivity index is 1.85. The zero-order valence-electron chi connectivity index (χ0n) is 19.3. The molecular weight excluding hydrogens is 412 g/mol. The molecule has 0 bridgehead atoms. The van der Waals surface area contributed by atoms with Crippen molar-refractivity contribution in [3.05, 3.63) is 24.3 Å². The second-order valence-corrected chi connectivity index (χ2v) is 10.2. The maximum atomic E-state index is 13.9. The summed E-state index contributed by atoms with van der Waals surface area (Å²) in [5.74, 6) is -2.77. The molecule has 2 fully saturated rings. The third-order valence-corrected chi connectivity index (χ3v) is 7.09. The Morgan fingerprint density at radius 2 is 1.94 bits per heavy atom. The predicted octanol–water partition coefficient (Wildman–Crippen LogP) is 1.43. The first-order chi connectivity index (χ1) is 15.1. The highest BCUT2D eigenvalue weighted by Gasteiger charge is 2.72. The lowest BCUT2D eigenvalue weighted by molar-refractivity contribution is -0.157. The van der Waals surface area contributed by atoms with Crippen molar-refractivity contribution >= 4 is 17.8 Å². The highest BCUT2D eigenvalue weighted by Crippen LogP contribution is 2.53. The monoisotopic (exact) mass is 446 g/mol. The molecule has 4 heterocycles. The number of rotatable bonds is 2. The number of fused-ring (bicyclic) bond motifs is 2. The summed E-state index contributed by atoms with van der Waals surface area (Å²) >= 11 is 0. The van der Waals surface area contributed by atoms with E-state index in [1.54, 1.807) is 11.8 Å². The summed E-state index contributed by atoms with van der Waals surface area (Å²) in [5, 5.41) is 9.90. The molecule has 2 amide bonds. The number of aliphatic hydroxyl groups excluding tert-OH is 1. The zero-order chi connectivity index (χ0) is 23.3. The standard InChI is InChI=1S/C24H34N2O6/c1-15(14-27)26-19-21(29)25(23(2,3)4)12-9-11-24(19)18(20(26)28)17-16(32-24)10-7-5-6-8-13-31-22(17)30/h7,9-11,15-19,27H,5-6,8,12-14H2,1-4H3/b10-7-/t15-,16-,17+,18+,19?,24+/m1/s1. The van der Waals surface area contributed by atoms with Gasteiger partial charge in [0.15, 0.2) is 0 Å². The van der Waals surface area contributed by atoms with Crippen LogP contribution in [0.5, 0.6) is 0 Å². The van der Waals surface area contributed by atoms with Gasteiger partial charge in [0.25, 0.3) is 0 Å². The van der Waals surface area contributed by atoms with Crippen molar-refractivity contribution in [3.63, 3.8) is 0 Å². The first-order valence-corrected chi connectivity index (χ1v) is 11.6. The van der Waals surface area contributed by atoms with Gasteiger partial charge >= 0.3 is 5.97 Å². The molecule has 176 valence electrons. The summed E-state index contributed by atoms with van der Waals surface area (Å²) in [5.41, 5.74) is -1.76. The molecule has 0 aromatic rings. The Morgan fingerprint density at radius 1 is 1.19 bits per heavy atom. The SMILES string of the molecule is C[C@H](CO)N1C(=O)[C@@H]2[C@H]3C(=O)OCCCC/C=C\[C@H]3O[C@@]23C=CCN(C(C)(C)C)C(=O)C13. The van der Waals surface area contributed by atoms with Gasteiger partial charge in [-0.25, -0.2) is 0 Å². The Bertz CT molecular complexity index is 846. The van der Waals surface area contributed by atoms with Gasteiger partial charge in [-0.2, -0.15) is 0 Å². The molecule has 0 aromatic heterocycles. The lowest BCUT2D eigenvalue weighted by atomic mass is 9.77. The van der Waals surface area contributed by atoms with Crippen LogP contribution < -0.4 is 0 Å². The van der Waals surface area contributed by atoms with Gasteiger partial charge in [0.2, 0.25) is 11.8 Å². The number of likely N-dealkylation sites (tertiary alicyclic amines) is 1. The first-order valence-electron chi connectivity index (χ1n) is 11.6. The summed E-state index contributed by atoms with van der Waals surface area (Å²) in [6, 6.07) is -1.56. The van der Waals surface area contributed by atoms with Crippen molar-refractivity contribution in [2.24, 2.45) is 11.8 Å². The van der Waals surface area contributed by atoms with Gasteiger partial charge in [0.05, 0.1) is 31.3 Å². The van der Waals surface area contributed by atoms with Crippen LogP contribution in [0.3, 0.4) is 0 Å². The van der Waals surface area contributed by atoms with Gasteiger partial charge in [0.1, 0.15) is 17.6 Å². The summed E-state index contributed by atoms with van der Waals surface area (Å²) in [7, 11) is 0. The van der Waals surface area contributed by atoms with E-state index in [0.717, 1.165) is 19.3 Å². The number of esters is 1. The van der Waals surface area contributed by atoms with E-state index in [9.17, 15) is 19.5 Å². The van der Waals surface area contributed by atoms with Crippen LogP contribution in [-0.4, -0.2) is 81.8 Å². The van der Waals surface area contributed by atoms with Crippen molar-refractivity contribution < 1.29 is 29.0 Å². The number of amides is 2. The third kappa shape index (κ3) is 3.48. The number of hydrogen-bond donors (Lipinski definition) is 1. The number of aliphatic hydroxyl groups is 1. The Labute approximate surface area is 189 Å². The van der Waals surface area contributed by atoms with Crippen molar-refractivity contribution in [2.45, 2.75) is 76.3 Å². The number of ether oxygens (including phenoxy) is 2. The van der Waals surface area contributed by atoms with Crippen LogP contribution in [0.2, 0.25) is 0 Å². The smallest absolute Gasteiger partial charge is 0.312 e. The molecule has 1 spiro atoms. The van der Waals surface area contributed by atoms with Crippen molar-refractivity contribution in [1.29, 1.82) is 0 Å². The number of carbonyl (C=O) groups is 3. The maximum Gasteiger partial charge on any atom is 0.312 e. The van der Waals surface area contributed by atoms with Gasteiger partial charge in [-0.3, -0.25) is 14.4 Å². The minimum absolute atomic E-state index is 0.236. The Kier molecular flexibility index (Phi) is 5.96. The molecule has 6 atom stereocenters. The van der Waals surface area contributed by atoms with Gasteiger partial charge in [-0.05, 0) is 47.0 Å². The third-order valence-electron chi connectivity index (χ3n) is 7.09. The van der Waals surface area contributed by atoms with Crippen LogP contribution in [0, 0.1) is 11.8 Å². The second kappa shape index (κ2) is 8.30. The molecule has 0 aromatic carbocycles. The number of carbonyl (C=O) groups excluding carboxylic acids is 3. The van der Waals surface area contributed by atoms with E-state index in [0.29, 0.717) is 13.2 Å². The van der Waals surface area contributed by atoms with Crippen LogP contribution >= 0.6 is 0 Å². The van der Waals surface area contributed by atoms with Gasteiger partial charge in [-0.1, -0.05) is 24.3 Å². The topological polar surface area (TPSA) is 96.4 Å². The fourth-order valence-electron chi connectivity index (χ4n) is 5.52. The molecule has 1 N–H and O–H groups in total. The van der Waals surface area contributed by atoms with Crippen molar-refractivity contribution in [1.82, 2.24) is 9.80 Å². The quantitative estimate of drug-likeness (QED) is 0.509. The first kappa shape index (κ1) is 23.0. The minimum atomic E-state index is -1.29. The zero-order valence-corrected chi connectivity index (χ0v) is 19.3. The van der Waals surface area contributed by atoms with E-state index in [4.69, 9.17) is 9.47 Å². The van der Waals surface area contributed by atoms with Gasteiger partial charge in [0, 0.05) is 12.1 Å². The molecular formula is C24H34N2O6. The lowest BCUT2D eigenvalue weighted by Crippen LogP contribution is -2.60. The average Bonchev–Trinajstić information content (AvgIpc) is 3.12. The largest absolute Gasteiger partial charge is 0.465 e. The van der Waals surface area contributed by atoms with Crippen LogP contribution in [0.1, 0.15) is 47.0 Å². The highest BCUT2D eigenvalue weighted by atomic mass is 16.6. The molecule has 4 aliphatic heterocycles. The second-order valence-electron chi connectivity index (χ2n) is 10.2. The number of nitrogens with zero attached hydrogens (tertiary/aromatic N) is 2. The molecule has 0 aliphatic carbocycles. The summed E-state index contributed by atoms with van der Waals surface area (Å²) in [4.78, 5) is 44.0. The van der Waals surface area contributed by atoms with E-state index in [1.807, 2.05) is 45.1 Å². The summed E-state index contributed by atoms with van der Waals surface area (Å²) in [6.45, 7) is 7.93. The Hall–Kier alpha value is -2.19. The fraction of sp³-hybridized carbons (Fsp3) is 0.708.